The summed E-state index contributed by atoms with van der Waals surface area (Å²) in [4.78, 5) is 0. The van der Waals surface area contributed by atoms with Crippen LogP contribution in [0.25, 0.3) is 0 Å². The van der Waals surface area contributed by atoms with Gasteiger partial charge < -0.3 is 5.32 Å². The van der Waals surface area contributed by atoms with Crippen LogP contribution in [0.3, 0.4) is 0 Å². The van der Waals surface area contributed by atoms with E-state index in [-0.39, 0.29) is 0 Å². The minimum Gasteiger partial charge on any atom is -0.308 e. The quantitative estimate of drug-likeness (QED) is 0.669. The van der Waals surface area contributed by atoms with Crippen molar-refractivity contribution < 1.29 is 0 Å². The van der Waals surface area contributed by atoms with E-state index in [2.05, 4.69) is 33.0 Å². The number of hydrogen-bond donors (Lipinski definition) is 1. The summed E-state index contributed by atoms with van der Waals surface area (Å²) in [6.07, 6.45) is 14.2. The smallest absolute Gasteiger partial charge is 0.0209 e. The molecule has 2 unspecified atom stereocenters. The van der Waals surface area contributed by atoms with E-state index in [9.17, 15) is 0 Å². The average molecular weight is 265 g/mol. The molecule has 2 rings (SSSR count). The highest BCUT2D eigenvalue weighted by molar-refractivity contribution is 5.02. The monoisotopic (exact) mass is 265 g/mol. The summed E-state index contributed by atoms with van der Waals surface area (Å²) in [5.74, 6) is 0.832. The second kappa shape index (κ2) is 6.16. The largest absolute Gasteiger partial charge is 0.308 e. The Morgan fingerprint density at radius 3 is 2.00 bits per heavy atom. The van der Waals surface area contributed by atoms with Gasteiger partial charge in [-0.2, -0.15) is 0 Å². The lowest BCUT2D eigenvalue weighted by molar-refractivity contribution is 0.0625. The molecule has 0 bridgehead atoms. The van der Waals surface area contributed by atoms with E-state index >= 15 is 0 Å². The fourth-order valence-corrected chi connectivity index (χ4v) is 4.29. The highest BCUT2D eigenvalue weighted by Crippen LogP contribution is 2.46. The zero-order valence-electron chi connectivity index (χ0n) is 13.7. The molecule has 2 fully saturated rings. The van der Waals surface area contributed by atoms with Crippen molar-refractivity contribution in [2.45, 2.75) is 103 Å². The van der Waals surface area contributed by atoms with Crippen molar-refractivity contribution >= 4 is 0 Å². The van der Waals surface area contributed by atoms with Crippen LogP contribution in [0, 0.1) is 11.3 Å². The lowest BCUT2D eigenvalue weighted by atomic mass is 9.64. The summed E-state index contributed by atoms with van der Waals surface area (Å²) < 4.78 is 0. The third kappa shape index (κ3) is 3.35. The first-order valence-electron chi connectivity index (χ1n) is 8.73. The maximum Gasteiger partial charge on any atom is 0.0209 e. The van der Waals surface area contributed by atoms with Crippen LogP contribution in [0.2, 0.25) is 0 Å². The van der Waals surface area contributed by atoms with Gasteiger partial charge in [-0.15, -0.1) is 0 Å². The molecule has 0 aromatic rings. The first-order chi connectivity index (χ1) is 8.96. The van der Waals surface area contributed by atoms with Gasteiger partial charge in [0.15, 0.2) is 0 Å². The Labute approximate surface area is 120 Å². The van der Waals surface area contributed by atoms with Gasteiger partial charge in [-0.1, -0.05) is 65.7 Å². The summed E-state index contributed by atoms with van der Waals surface area (Å²) in [6, 6.07) is 0.775. The molecule has 0 saturated heterocycles. The third-order valence-corrected chi connectivity index (χ3v) is 6.60. The molecular formula is C18H35N. The van der Waals surface area contributed by atoms with Crippen LogP contribution < -0.4 is 5.32 Å². The first-order valence-corrected chi connectivity index (χ1v) is 8.73. The van der Waals surface area contributed by atoms with Crippen molar-refractivity contribution in [1.29, 1.82) is 0 Å². The molecule has 1 N–H and O–H groups in total. The molecule has 2 aliphatic rings. The standard InChI is InChI=1S/C18H35N/c1-15-11-9-10-14-18(4,17(15,2)3)19-16-12-7-5-6-8-13-16/h15-16,19H,5-14H2,1-4H3. The van der Waals surface area contributed by atoms with E-state index in [1.165, 1.54) is 64.2 Å². The zero-order valence-corrected chi connectivity index (χ0v) is 13.7. The SMILES string of the molecule is CC1CCCCC(C)(NC2CCCCCC2)C1(C)C. The predicted molar refractivity (Wildman–Crippen MR) is 84.4 cm³/mol. The predicted octanol–water partition coefficient (Wildman–Crippen LogP) is 5.29. The van der Waals surface area contributed by atoms with Crippen molar-refractivity contribution in [2.24, 2.45) is 11.3 Å². The van der Waals surface area contributed by atoms with Gasteiger partial charge in [0.1, 0.15) is 0 Å². The maximum atomic E-state index is 4.13. The van der Waals surface area contributed by atoms with E-state index in [0.29, 0.717) is 11.0 Å². The Morgan fingerprint density at radius 1 is 0.789 bits per heavy atom. The average Bonchev–Trinajstić information content (AvgIpc) is 2.66. The summed E-state index contributed by atoms with van der Waals surface area (Å²) in [5, 5.41) is 4.13. The summed E-state index contributed by atoms with van der Waals surface area (Å²) in [6.45, 7) is 10.00. The Balaban J connectivity index is 2.09. The van der Waals surface area contributed by atoms with Crippen molar-refractivity contribution in [2.75, 3.05) is 0 Å². The Kier molecular flexibility index (Phi) is 4.98. The lowest BCUT2D eigenvalue weighted by Crippen LogP contribution is -2.58. The van der Waals surface area contributed by atoms with Gasteiger partial charge in [0.05, 0.1) is 0 Å². The highest BCUT2D eigenvalue weighted by atomic mass is 15.0. The van der Waals surface area contributed by atoms with Crippen molar-refractivity contribution in [3.8, 4) is 0 Å². The van der Waals surface area contributed by atoms with E-state index in [1.807, 2.05) is 0 Å². The van der Waals surface area contributed by atoms with Crippen molar-refractivity contribution in [1.82, 2.24) is 5.32 Å². The molecule has 0 heterocycles. The van der Waals surface area contributed by atoms with Crippen LogP contribution in [0.15, 0.2) is 0 Å². The van der Waals surface area contributed by atoms with Gasteiger partial charge in [-0.25, -0.2) is 0 Å². The molecule has 2 atom stereocenters. The first kappa shape index (κ1) is 15.4. The van der Waals surface area contributed by atoms with Gasteiger partial charge in [0, 0.05) is 11.6 Å². The molecule has 19 heavy (non-hydrogen) atoms. The van der Waals surface area contributed by atoms with Crippen LogP contribution in [0.5, 0.6) is 0 Å². The Morgan fingerprint density at radius 2 is 1.37 bits per heavy atom. The van der Waals surface area contributed by atoms with Crippen LogP contribution >= 0.6 is 0 Å². The fourth-order valence-electron chi connectivity index (χ4n) is 4.29. The molecule has 1 nitrogen and oxygen atoms in total. The van der Waals surface area contributed by atoms with Crippen molar-refractivity contribution in [3.05, 3.63) is 0 Å². The molecule has 1 heteroatoms. The number of nitrogens with one attached hydrogen (secondary N) is 1. The molecule has 0 aliphatic heterocycles. The molecule has 112 valence electrons. The van der Waals surface area contributed by atoms with Crippen LogP contribution in [0.4, 0.5) is 0 Å². The second-order valence-corrected chi connectivity index (χ2v) is 8.03. The molecule has 2 aliphatic carbocycles. The Hall–Kier alpha value is -0.0400. The van der Waals surface area contributed by atoms with E-state index in [1.54, 1.807) is 0 Å². The molecule has 0 aromatic carbocycles. The highest BCUT2D eigenvalue weighted by Gasteiger charge is 2.46. The molecule has 0 amide bonds. The fraction of sp³-hybridized carbons (Fsp3) is 1.00. The van der Waals surface area contributed by atoms with Gasteiger partial charge in [0.25, 0.3) is 0 Å². The van der Waals surface area contributed by atoms with Gasteiger partial charge in [-0.05, 0) is 37.5 Å². The van der Waals surface area contributed by atoms with Gasteiger partial charge in [0.2, 0.25) is 0 Å². The molecule has 0 radical (unpaired) electrons. The zero-order chi connectivity index (χ0) is 13.9. The third-order valence-electron chi connectivity index (χ3n) is 6.60. The molecule has 2 saturated carbocycles. The molecular weight excluding hydrogens is 230 g/mol. The van der Waals surface area contributed by atoms with E-state index in [0.717, 1.165) is 12.0 Å². The van der Waals surface area contributed by atoms with Crippen molar-refractivity contribution in [3.63, 3.8) is 0 Å². The number of hydrogen-bond acceptors (Lipinski definition) is 1. The summed E-state index contributed by atoms with van der Waals surface area (Å²) in [7, 11) is 0. The van der Waals surface area contributed by atoms with E-state index < -0.39 is 0 Å². The van der Waals surface area contributed by atoms with Gasteiger partial charge >= 0.3 is 0 Å². The van der Waals surface area contributed by atoms with Crippen LogP contribution in [-0.4, -0.2) is 11.6 Å². The number of rotatable bonds is 2. The Bertz CT molecular complexity index is 275. The summed E-state index contributed by atoms with van der Waals surface area (Å²) in [5.41, 5.74) is 0.744. The van der Waals surface area contributed by atoms with Crippen LogP contribution in [-0.2, 0) is 0 Å². The maximum absolute atomic E-state index is 4.13. The second-order valence-electron chi connectivity index (χ2n) is 8.03. The van der Waals surface area contributed by atoms with Gasteiger partial charge in [-0.3, -0.25) is 0 Å². The minimum atomic E-state index is 0.331. The molecule has 0 aromatic heterocycles. The lowest BCUT2D eigenvalue weighted by Gasteiger charge is -2.49. The van der Waals surface area contributed by atoms with Crippen LogP contribution in [0.1, 0.15) is 91.9 Å². The topological polar surface area (TPSA) is 12.0 Å². The minimum absolute atomic E-state index is 0.331. The summed E-state index contributed by atoms with van der Waals surface area (Å²) >= 11 is 0. The normalized spacial score (nSPS) is 37.6. The van der Waals surface area contributed by atoms with E-state index in [4.69, 9.17) is 0 Å². The molecule has 0 spiro atoms.